The van der Waals surface area contributed by atoms with Crippen LogP contribution in [0, 0.1) is 23.2 Å². The van der Waals surface area contributed by atoms with Crippen LogP contribution in [0.3, 0.4) is 0 Å². The Kier molecular flexibility index (Phi) is 5.54. The number of nitrogens with two attached hydrogens (primary N) is 1. The summed E-state index contributed by atoms with van der Waals surface area (Å²) in [7, 11) is 1.68. The lowest BCUT2D eigenvalue weighted by Gasteiger charge is -2.51. The molecule has 0 amide bonds. The van der Waals surface area contributed by atoms with Crippen LogP contribution in [0.5, 0.6) is 5.75 Å². The Balaban J connectivity index is 1.25. The number of hydrogen-bond acceptors (Lipinski definition) is 4. The molecule has 1 saturated heterocycles. The molecule has 1 aliphatic heterocycles. The lowest BCUT2D eigenvalue weighted by Crippen LogP contribution is -2.86. The van der Waals surface area contributed by atoms with E-state index in [-0.39, 0.29) is 29.3 Å². The van der Waals surface area contributed by atoms with E-state index >= 15 is 0 Å². The molecule has 172 valence electrons. The molecular weight excluding hydrogens is 404 g/mol. The van der Waals surface area contributed by atoms with Gasteiger partial charge in [0.05, 0.1) is 26.3 Å². The second kappa shape index (κ2) is 8.23. The van der Waals surface area contributed by atoms with Gasteiger partial charge in [-0.15, -0.1) is 0 Å². The van der Waals surface area contributed by atoms with Crippen LogP contribution < -0.4 is 10.1 Å². The summed E-state index contributed by atoms with van der Waals surface area (Å²) in [6.45, 7) is 5.97. The molecule has 2 aromatic rings. The second-order valence-corrected chi connectivity index (χ2v) is 10.1. The van der Waals surface area contributed by atoms with Crippen molar-refractivity contribution in [3.63, 3.8) is 0 Å². The van der Waals surface area contributed by atoms with Crippen LogP contribution in [0.25, 0.3) is 10.9 Å². The molecule has 4 N–H and O–H groups in total. The third-order valence-electron chi connectivity index (χ3n) is 8.58. The third-order valence-corrected chi connectivity index (χ3v) is 8.58. The Morgan fingerprint density at radius 1 is 1.38 bits per heavy atom. The van der Waals surface area contributed by atoms with Crippen molar-refractivity contribution in [3.8, 4) is 5.75 Å². The number of allylic oxidation sites excluding steroid dienone is 1. The van der Waals surface area contributed by atoms with Gasteiger partial charge in [-0.1, -0.05) is 25.5 Å². The zero-order chi connectivity index (χ0) is 22.5. The highest BCUT2D eigenvalue weighted by Crippen LogP contribution is 2.55. The number of benzene rings is 1. The van der Waals surface area contributed by atoms with E-state index in [9.17, 15) is 9.90 Å². The van der Waals surface area contributed by atoms with E-state index < -0.39 is 6.10 Å². The first-order valence-corrected chi connectivity index (χ1v) is 12.0. The Labute approximate surface area is 189 Å². The Bertz CT molecular complexity index is 1040. The van der Waals surface area contributed by atoms with Crippen LogP contribution in [0.2, 0.25) is 0 Å². The highest BCUT2D eigenvalue weighted by Gasteiger charge is 2.60. The lowest BCUT2D eigenvalue weighted by molar-refractivity contribution is -0.659. The molecule has 1 saturated carbocycles. The number of carbonyl (C=O) groups excluding carboxylic acids is 1. The van der Waals surface area contributed by atoms with Gasteiger partial charge in [-0.3, -0.25) is 4.79 Å². The van der Waals surface area contributed by atoms with Gasteiger partial charge in [0.1, 0.15) is 17.8 Å². The van der Waals surface area contributed by atoms with Crippen molar-refractivity contribution in [1.82, 2.24) is 4.98 Å². The number of rotatable bonds is 6. The fourth-order valence-corrected chi connectivity index (χ4v) is 6.38. The normalized spacial score (nSPS) is 34.1. The van der Waals surface area contributed by atoms with Crippen LogP contribution in [-0.4, -0.2) is 48.5 Å². The number of aromatic nitrogens is 1. The quantitative estimate of drug-likeness (QED) is 0.367. The number of aliphatic hydroxyl groups excluding tert-OH is 1. The summed E-state index contributed by atoms with van der Waals surface area (Å²) in [5.41, 5.74) is 3.40. The van der Waals surface area contributed by atoms with Crippen LogP contribution >= 0.6 is 0 Å². The van der Waals surface area contributed by atoms with Gasteiger partial charge >= 0.3 is 5.97 Å². The first-order valence-electron chi connectivity index (χ1n) is 12.0. The summed E-state index contributed by atoms with van der Waals surface area (Å²) in [6, 6.07) is 6.06. The first kappa shape index (κ1) is 21.5. The molecule has 0 bridgehead atoms. The molecule has 1 aromatic heterocycles. The Morgan fingerprint density at radius 3 is 3.03 bits per heavy atom. The first-order chi connectivity index (χ1) is 15.4. The molecular formula is C26H35N2O4+. The predicted molar refractivity (Wildman–Crippen MR) is 122 cm³/mol. The number of aromatic amines is 1. The summed E-state index contributed by atoms with van der Waals surface area (Å²) in [4.78, 5) is 16.1. The van der Waals surface area contributed by atoms with E-state index in [1.54, 1.807) is 7.11 Å². The maximum absolute atomic E-state index is 12.8. The summed E-state index contributed by atoms with van der Waals surface area (Å²) < 4.78 is 11.1. The molecule has 2 heterocycles. The van der Waals surface area contributed by atoms with Gasteiger partial charge in [0.25, 0.3) is 0 Å². The molecule has 1 aromatic carbocycles. The van der Waals surface area contributed by atoms with E-state index in [4.69, 9.17) is 9.47 Å². The van der Waals surface area contributed by atoms with Crippen molar-refractivity contribution in [2.24, 2.45) is 23.2 Å². The van der Waals surface area contributed by atoms with Crippen molar-refractivity contribution in [1.29, 1.82) is 0 Å². The summed E-state index contributed by atoms with van der Waals surface area (Å²) in [6.07, 6.45) is 7.45. The van der Waals surface area contributed by atoms with Gasteiger partial charge in [-0.05, 0) is 42.5 Å². The molecule has 2 fully saturated rings. The van der Waals surface area contributed by atoms with E-state index in [2.05, 4.69) is 42.5 Å². The van der Waals surface area contributed by atoms with Gasteiger partial charge in [-0.25, -0.2) is 0 Å². The van der Waals surface area contributed by atoms with Gasteiger partial charge in [0.15, 0.2) is 0 Å². The van der Waals surface area contributed by atoms with Crippen LogP contribution in [0.1, 0.15) is 38.7 Å². The van der Waals surface area contributed by atoms with Crippen molar-refractivity contribution < 1.29 is 24.7 Å². The van der Waals surface area contributed by atoms with Crippen molar-refractivity contribution >= 4 is 16.9 Å². The molecule has 0 unspecified atom stereocenters. The number of quaternary nitrogens is 1. The van der Waals surface area contributed by atoms with E-state index in [1.165, 1.54) is 16.5 Å². The molecule has 0 radical (unpaired) electrons. The van der Waals surface area contributed by atoms with Crippen LogP contribution in [0.15, 0.2) is 36.0 Å². The highest BCUT2D eigenvalue weighted by molar-refractivity contribution is 5.84. The second-order valence-electron chi connectivity index (χ2n) is 10.1. The molecule has 2 aliphatic carbocycles. The predicted octanol–water partition coefficient (Wildman–Crippen LogP) is 2.57. The molecule has 3 aliphatic rings. The number of esters is 1. The molecule has 6 nitrogen and oxygen atoms in total. The topological polar surface area (TPSA) is 88.2 Å². The molecule has 5 rings (SSSR count). The Hall–Kier alpha value is -2.31. The van der Waals surface area contributed by atoms with E-state index in [0.717, 1.165) is 43.5 Å². The number of methoxy groups -OCH3 is 1. The number of fused-ring (bicyclic) bond motifs is 3. The average Bonchev–Trinajstić information content (AvgIpc) is 3.33. The minimum absolute atomic E-state index is 0.112. The highest BCUT2D eigenvalue weighted by atomic mass is 16.6. The SMILES string of the molecule is COc1ccc2[nH]cc(CC[NH2+]C[C@@H]3C(=O)O[C@@H]4CC5=CCC[C@H](C)[C@@]5(C)[C@H](O)[C@H]34)c2c1. The van der Waals surface area contributed by atoms with Gasteiger partial charge in [0.2, 0.25) is 0 Å². The van der Waals surface area contributed by atoms with Crippen LogP contribution in [0.4, 0.5) is 0 Å². The minimum Gasteiger partial charge on any atom is -0.497 e. The smallest absolute Gasteiger partial charge is 0.315 e. The Morgan fingerprint density at radius 2 is 2.22 bits per heavy atom. The number of carbonyl (C=O) groups is 1. The zero-order valence-corrected chi connectivity index (χ0v) is 19.3. The number of nitrogens with one attached hydrogen (secondary N) is 1. The minimum atomic E-state index is -0.534. The largest absolute Gasteiger partial charge is 0.497 e. The number of aliphatic hydroxyl groups is 1. The monoisotopic (exact) mass is 439 g/mol. The van der Waals surface area contributed by atoms with E-state index in [1.807, 2.05) is 12.1 Å². The van der Waals surface area contributed by atoms with Crippen molar-refractivity contribution in [2.75, 3.05) is 20.2 Å². The maximum Gasteiger partial charge on any atom is 0.315 e. The van der Waals surface area contributed by atoms with Crippen LogP contribution in [-0.2, 0) is 16.0 Å². The molecule has 6 heteroatoms. The zero-order valence-electron chi connectivity index (χ0n) is 19.3. The van der Waals surface area contributed by atoms with E-state index in [0.29, 0.717) is 12.5 Å². The fourth-order valence-electron chi connectivity index (χ4n) is 6.38. The summed E-state index contributed by atoms with van der Waals surface area (Å²) in [5.74, 6) is 0.775. The van der Waals surface area contributed by atoms with Crippen molar-refractivity contribution in [2.45, 2.75) is 51.7 Å². The van der Waals surface area contributed by atoms with Gasteiger partial charge in [-0.2, -0.15) is 0 Å². The van der Waals surface area contributed by atoms with Crippen molar-refractivity contribution in [3.05, 3.63) is 41.6 Å². The molecule has 6 atom stereocenters. The van der Waals surface area contributed by atoms with Gasteiger partial charge in [0, 0.05) is 41.3 Å². The number of ether oxygens (including phenoxy) is 2. The fraction of sp³-hybridized carbons (Fsp3) is 0.577. The third kappa shape index (κ3) is 3.35. The average molecular weight is 440 g/mol. The number of H-pyrrole nitrogens is 1. The maximum atomic E-state index is 12.8. The lowest BCUT2D eigenvalue weighted by atomic mass is 9.55. The standard InChI is InChI=1S/C26H34N2O4/c1-15-5-4-6-17-11-22-23(24(29)26(15,17)2)20(25(30)32-22)14-27-10-9-16-13-28-21-8-7-18(31-3)12-19(16)21/h6-8,12-13,15,20,22-24,27-29H,4-5,9-11,14H2,1-3H3/p+1/t15-,20-,22+,23+,24+,26+/m0/s1. The molecule has 0 spiro atoms. The number of hydrogen-bond donors (Lipinski definition) is 3. The van der Waals surface area contributed by atoms with Gasteiger partial charge < -0.3 is 24.9 Å². The summed E-state index contributed by atoms with van der Waals surface area (Å²) >= 11 is 0. The molecule has 32 heavy (non-hydrogen) atoms. The summed E-state index contributed by atoms with van der Waals surface area (Å²) in [5, 5.41) is 14.9.